The Balaban J connectivity index is 1.85. The molecule has 2 rings (SSSR count). The normalized spacial score (nSPS) is 11.5. The van der Waals surface area contributed by atoms with E-state index in [1.165, 1.54) is 0 Å². The number of ether oxygens (including phenoxy) is 1. The molecule has 0 unspecified atom stereocenters. The van der Waals surface area contributed by atoms with Crippen molar-refractivity contribution < 1.29 is 9.53 Å². The predicted molar refractivity (Wildman–Crippen MR) is 85.4 cm³/mol. The maximum atomic E-state index is 11.9. The summed E-state index contributed by atoms with van der Waals surface area (Å²) >= 11 is 0. The molecule has 22 heavy (non-hydrogen) atoms. The summed E-state index contributed by atoms with van der Waals surface area (Å²) in [6, 6.07) is 7.48. The van der Waals surface area contributed by atoms with Gasteiger partial charge in [-0.05, 0) is 38.5 Å². The molecule has 0 radical (unpaired) electrons. The zero-order valence-corrected chi connectivity index (χ0v) is 13.6. The Kier molecular flexibility index (Phi) is 4.98. The van der Waals surface area contributed by atoms with Crippen LogP contribution in [0.1, 0.15) is 42.3 Å². The highest BCUT2D eigenvalue weighted by Gasteiger charge is 2.17. The van der Waals surface area contributed by atoms with Gasteiger partial charge in [0, 0.05) is 31.9 Å². The van der Waals surface area contributed by atoms with Gasteiger partial charge in [0.25, 0.3) is 0 Å². The molecule has 0 aliphatic carbocycles. The Morgan fingerprint density at radius 2 is 1.82 bits per heavy atom. The third-order valence-corrected chi connectivity index (χ3v) is 3.01. The van der Waals surface area contributed by atoms with Crippen LogP contribution in [0.4, 0.5) is 0 Å². The third kappa shape index (κ3) is 5.00. The van der Waals surface area contributed by atoms with E-state index in [0.29, 0.717) is 5.56 Å². The number of aromatic nitrogens is 2. The summed E-state index contributed by atoms with van der Waals surface area (Å²) in [6.45, 7) is 7.09. The van der Waals surface area contributed by atoms with Crippen LogP contribution >= 0.6 is 0 Å². The molecule has 0 aliphatic rings. The fourth-order valence-corrected chi connectivity index (χ4v) is 2.01. The van der Waals surface area contributed by atoms with Crippen molar-refractivity contribution in [2.75, 3.05) is 0 Å². The van der Waals surface area contributed by atoms with Crippen LogP contribution in [0.25, 0.3) is 0 Å². The van der Waals surface area contributed by atoms with Crippen LogP contribution in [-0.2, 0) is 24.9 Å². The average molecular weight is 301 g/mol. The Hall–Kier alpha value is -2.14. The summed E-state index contributed by atoms with van der Waals surface area (Å²) in [4.78, 5) is 11.9. The van der Waals surface area contributed by atoms with Crippen molar-refractivity contribution in [3.8, 4) is 0 Å². The van der Waals surface area contributed by atoms with Gasteiger partial charge in [0.2, 0.25) is 0 Å². The van der Waals surface area contributed by atoms with Crippen LogP contribution in [0.2, 0.25) is 0 Å². The van der Waals surface area contributed by atoms with Gasteiger partial charge in [-0.1, -0.05) is 12.1 Å². The highest BCUT2D eigenvalue weighted by atomic mass is 16.6. The molecule has 5 nitrogen and oxygen atoms in total. The first-order valence-corrected chi connectivity index (χ1v) is 7.34. The maximum Gasteiger partial charge on any atom is 0.338 e. The van der Waals surface area contributed by atoms with Gasteiger partial charge in [-0.25, -0.2) is 4.79 Å². The predicted octanol–water partition coefficient (Wildman–Crippen LogP) is 2.67. The molecule has 0 fully saturated rings. The van der Waals surface area contributed by atoms with Crippen LogP contribution < -0.4 is 5.32 Å². The number of carbonyl (C=O) groups is 1. The van der Waals surface area contributed by atoms with Crippen molar-refractivity contribution >= 4 is 5.97 Å². The molecule has 2 aromatic rings. The van der Waals surface area contributed by atoms with E-state index in [-0.39, 0.29) is 5.97 Å². The van der Waals surface area contributed by atoms with Gasteiger partial charge in [0.05, 0.1) is 11.8 Å². The number of nitrogens with zero attached hydrogens (tertiary/aromatic N) is 2. The molecule has 0 amide bonds. The summed E-state index contributed by atoms with van der Waals surface area (Å²) in [5.41, 5.74) is 2.37. The monoisotopic (exact) mass is 301 g/mol. The van der Waals surface area contributed by atoms with Crippen LogP contribution in [0.5, 0.6) is 0 Å². The first kappa shape index (κ1) is 16.2. The molecule has 5 heteroatoms. The molecular weight excluding hydrogens is 278 g/mol. The molecular formula is C17H23N3O2. The molecule has 0 aliphatic heterocycles. The SMILES string of the molecule is Cn1cc(CNCc2ccc(C(=O)OC(C)(C)C)cc2)cn1. The molecule has 1 aromatic heterocycles. The van der Waals surface area contributed by atoms with Gasteiger partial charge in [-0.3, -0.25) is 4.68 Å². The zero-order chi connectivity index (χ0) is 16.2. The van der Waals surface area contributed by atoms with E-state index < -0.39 is 5.60 Å². The number of benzene rings is 1. The standard InChI is InChI=1S/C17H23N3O2/c1-17(2,3)22-16(21)15-7-5-13(6-8-15)9-18-10-14-11-19-20(4)12-14/h5-8,11-12,18H,9-10H2,1-4H3. The van der Waals surface area contributed by atoms with E-state index in [2.05, 4.69) is 10.4 Å². The summed E-state index contributed by atoms with van der Waals surface area (Å²) in [7, 11) is 1.90. The lowest BCUT2D eigenvalue weighted by atomic mass is 10.1. The number of rotatable bonds is 5. The van der Waals surface area contributed by atoms with Crippen LogP contribution in [-0.4, -0.2) is 21.4 Å². The number of hydrogen-bond donors (Lipinski definition) is 1. The van der Waals surface area contributed by atoms with Crippen LogP contribution in [0, 0.1) is 0 Å². The average Bonchev–Trinajstić information content (AvgIpc) is 2.83. The molecule has 0 bridgehead atoms. The molecule has 1 heterocycles. The van der Waals surface area contributed by atoms with Gasteiger partial charge in [-0.15, -0.1) is 0 Å². The van der Waals surface area contributed by atoms with Gasteiger partial charge in [0.15, 0.2) is 0 Å². The second-order valence-electron chi connectivity index (χ2n) is 6.32. The minimum atomic E-state index is -0.471. The van der Waals surface area contributed by atoms with Crippen molar-refractivity contribution in [1.82, 2.24) is 15.1 Å². The van der Waals surface area contributed by atoms with Gasteiger partial charge in [-0.2, -0.15) is 5.10 Å². The fourth-order valence-electron chi connectivity index (χ4n) is 2.01. The van der Waals surface area contributed by atoms with Crippen LogP contribution in [0.3, 0.4) is 0 Å². The first-order chi connectivity index (χ1) is 10.3. The fraction of sp³-hybridized carbons (Fsp3) is 0.412. The minimum Gasteiger partial charge on any atom is -0.456 e. The van der Waals surface area contributed by atoms with E-state index in [0.717, 1.165) is 24.2 Å². The number of carbonyl (C=O) groups excluding carboxylic acids is 1. The number of hydrogen-bond acceptors (Lipinski definition) is 4. The van der Waals surface area contributed by atoms with Crippen molar-refractivity contribution in [2.24, 2.45) is 7.05 Å². The summed E-state index contributed by atoms with van der Waals surface area (Å²) in [6.07, 6.45) is 3.83. The summed E-state index contributed by atoms with van der Waals surface area (Å²) in [5.74, 6) is -0.289. The van der Waals surface area contributed by atoms with E-state index >= 15 is 0 Å². The first-order valence-electron chi connectivity index (χ1n) is 7.34. The Morgan fingerprint density at radius 3 is 2.36 bits per heavy atom. The third-order valence-electron chi connectivity index (χ3n) is 3.01. The Morgan fingerprint density at radius 1 is 1.18 bits per heavy atom. The highest BCUT2D eigenvalue weighted by Crippen LogP contribution is 2.13. The summed E-state index contributed by atoms with van der Waals surface area (Å²) < 4.78 is 7.13. The van der Waals surface area contributed by atoms with E-state index in [1.54, 1.807) is 16.8 Å². The second kappa shape index (κ2) is 6.75. The van der Waals surface area contributed by atoms with Crippen molar-refractivity contribution in [1.29, 1.82) is 0 Å². The van der Waals surface area contributed by atoms with E-state index in [1.807, 2.05) is 52.3 Å². The minimum absolute atomic E-state index is 0.289. The molecule has 118 valence electrons. The van der Waals surface area contributed by atoms with E-state index in [9.17, 15) is 4.79 Å². The highest BCUT2D eigenvalue weighted by molar-refractivity contribution is 5.89. The lowest BCUT2D eigenvalue weighted by molar-refractivity contribution is 0.00695. The van der Waals surface area contributed by atoms with Gasteiger partial charge < -0.3 is 10.1 Å². The quantitative estimate of drug-likeness (QED) is 0.863. The molecule has 0 atom stereocenters. The second-order valence-corrected chi connectivity index (χ2v) is 6.32. The maximum absolute atomic E-state index is 11.9. The van der Waals surface area contributed by atoms with Crippen LogP contribution in [0.15, 0.2) is 36.7 Å². The molecule has 0 spiro atoms. The summed E-state index contributed by atoms with van der Waals surface area (Å²) in [5, 5.41) is 7.48. The number of aryl methyl sites for hydroxylation is 1. The van der Waals surface area contributed by atoms with Gasteiger partial charge in [0.1, 0.15) is 5.60 Å². The van der Waals surface area contributed by atoms with Crippen molar-refractivity contribution in [2.45, 2.75) is 39.5 Å². The lowest BCUT2D eigenvalue weighted by Gasteiger charge is -2.19. The number of esters is 1. The Labute approximate surface area is 131 Å². The number of nitrogens with one attached hydrogen (secondary N) is 1. The Bertz CT molecular complexity index is 624. The zero-order valence-electron chi connectivity index (χ0n) is 13.6. The van der Waals surface area contributed by atoms with Crippen molar-refractivity contribution in [3.05, 3.63) is 53.3 Å². The molecule has 0 saturated heterocycles. The molecule has 1 aromatic carbocycles. The smallest absolute Gasteiger partial charge is 0.338 e. The van der Waals surface area contributed by atoms with Crippen molar-refractivity contribution in [3.63, 3.8) is 0 Å². The van der Waals surface area contributed by atoms with Gasteiger partial charge >= 0.3 is 5.97 Å². The largest absolute Gasteiger partial charge is 0.456 e. The van der Waals surface area contributed by atoms with E-state index in [4.69, 9.17) is 4.74 Å². The molecule has 0 saturated carbocycles. The molecule has 1 N–H and O–H groups in total. The lowest BCUT2D eigenvalue weighted by Crippen LogP contribution is -2.23. The topological polar surface area (TPSA) is 56.2 Å².